The summed E-state index contributed by atoms with van der Waals surface area (Å²) in [5, 5.41) is 0. The molecule has 0 saturated carbocycles. The van der Waals surface area contributed by atoms with Gasteiger partial charge in [0, 0.05) is 5.69 Å². The highest BCUT2D eigenvalue weighted by Gasteiger charge is 2.30. The van der Waals surface area contributed by atoms with Crippen LogP contribution in [0.1, 0.15) is 0 Å². The van der Waals surface area contributed by atoms with Crippen LogP contribution in [0.2, 0.25) is 0 Å². The van der Waals surface area contributed by atoms with Crippen LogP contribution in [0.4, 0.5) is 5.69 Å². The number of halogens is 1. The van der Waals surface area contributed by atoms with E-state index in [0.29, 0.717) is 17.2 Å². The fourth-order valence-corrected chi connectivity index (χ4v) is 3.35. The Labute approximate surface area is 111 Å². The molecule has 2 N–H and O–H groups in total. The maximum Gasteiger partial charge on any atom is 0.214 e. The van der Waals surface area contributed by atoms with Crippen molar-refractivity contribution in [1.82, 2.24) is 0 Å². The molecule has 3 rings (SSSR count). The molecule has 18 heavy (non-hydrogen) atoms. The fourth-order valence-electron chi connectivity index (χ4n) is 1.81. The number of nitrogens with two attached hydrogens (primary N) is 1. The Morgan fingerprint density at radius 3 is 2.39 bits per heavy atom. The number of fused-ring (bicyclic) bond motifs is 2. The fraction of sp³-hybridized carbons (Fsp3) is 0. The molecule has 0 bridgehead atoms. The van der Waals surface area contributed by atoms with Gasteiger partial charge in [0.05, 0.1) is 0 Å². The summed E-state index contributed by atoms with van der Waals surface area (Å²) in [5.74, 6) is 0.669. The SMILES string of the molecule is Cl.Nc1ccc2c(c1)S(=O)(=O)c1ccccc1O2. The van der Waals surface area contributed by atoms with Crippen LogP contribution in [0.5, 0.6) is 11.5 Å². The Balaban J connectivity index is 0.00000120. The van der Waals surface area contributed by atoms with Gasteiger partial charge in [-0.15, -0.1) is 12.4 Å². The van der Waals surface area contributed by atoms with Crippen molar-refractivity contribution in [2.75, 3.05) is 5.73 Å². The zero-order valence-corrected chi connectivity index (χ0v) is 10.8. The molecular weight excluding hydrogens is 274 g/mol. The smallest absolute Gasteiger partial charge is 0.214 e. The first kappa shape index (κ1) is 12.7. The van der Waals surface area contributed by atoms with Crippen molar-refractivity contribution in [2.24, 2.45) is 0 Å². The van der Waals surface area contributed by atoms with E-state index < -0.39 is 9.84 Å². The number of rotatable bonds is 0. The van der Waals surface area contributed by atoms with E-state index >= 15 is 0 Å². The van der Waals surface area contributed by atoms with Crippen LogP contribution in [0.25, 0.3) is 0 Å². The largest absolute Gasteiger partial charge is 0.455 e. The first-order valence-electron chi connectivity index (χ1n) is 5.00. The molecule has 4 nitrogen and oxygen atoms in total. The molecule has 1 heterocycles. The van der Waals surface area contributed by atoms with E-state index in [4.69, 9.17) is 10.5 Å². The summed E-state index contributed by atoms with van der Waals surface area (Å²) in [6, 6.07) is 11.2. The summed E-state index contributed by atoms with van der Waals surface area (Å²) in [4.78, 5) is 0.300. The molecule has 0 atom stereocenters. The molecule has 0 fully saturated rings. The summed E-state index contributed by atoms with van der Waals surface area (Å²) in [5.41, 5.74) is 6.00. The van der Waals surface area contributed by atoms with Crippen molar-refractivity contribution in [3.05, 3.63) is 42.5 Å². The molecule has 0 aliphatic carbocycles. The summed E-state index contributed by atoms with van der Waals surface area (Å²) in [7, 11) is -3.53. The molecule has 0 spiro atoms. The highest BCUT2D eigenvalue weighted by Crippen LogP contribution is 2.42. The molecule has 0 radical (unpaired) electrons. The predicted molar refractivity (Wildman–Crippen MR) is 70.1 cm³/mol. The lowest BCUT2D eigenvalue weighted by Gasteiger charge is -2.20. The summed E-state index contributed by atoms with van der Waals surface area (Å²) in [6.07, 6.45) is 0. The maximum atomic E-state index is 12.3. The Morgan fingerprint density at radius 2 is 1.61 bits per heavy atom. The van der Waals surface area contributed by atoms with Crippen molar-refractivity contribution in [3.63, 3.8) is 0 Å². The molecule has 2 aromatic carbocycles. The van der Waals surface area contributed by atoms with Crippen LogP contribution in [-0.4, -0.2) is 8.42 Å². The summed E-state index contributed by atoms with van der Waals surface area (Å²) in [6.45, 7) is 0. The van der Waals surface area contributed by atoms with Crippen molar-refractivity contribution >= 4 is 27.9 Å². The highest BCUT2D eigenvalue weighted by atomic mass is 35.5. The molecule has 0 saturated heterocycles. The molecular formula is C12H10ClNO3S. The third-order valence-corrected chi connectivity index (χ3v) is 4.43. The van der Waals surface area contributed by atoms with Crippen LogP contribution in [0.15, 0.2) is 52.3 Å². The minimum atomic E-state index is -3.53. The van der Waals surface area contributed by atoms with E-state index in [1.54, 1.807) is 30.3 Å². The van der Waals surface area contributed by atoms with Crippen LogP contribution < -0.4 is 10.5 Å². The second kappa shape index (κ2) is 4.19. The van der Waals surface area contributed by atoms with E-state index in [1.807, 2.05) is 0 Å². The molecule has 6 heteroatoms. The normalized spacial score (nSPS) is 14.7. The van der Waals surface area contributed by atoms with Gasteiger partial charge in [-0.25, -0.2) is 8.42 Å². The van der Waals surface area contributed by atoms with Gasteiger partial charge in [0.15, 0.2) is 0 Å². The van der Waals surface area contributed by atoms with Crippen molar-refractivity contribution < 1.29 is 13.2 Å². The number of nitrogen functional groups attached to an aromatic ring is 1. The van der Waals surface area contributed by atoms with E-state index in [-0.39, 0.29) is 22.2 Å². The van der Waals surface area contributed by atoms with Crippen LogP contribution >= 0.6 is 12.4 Å². The number of ether oxygens (including phenoxy) is 1. The summed E-state index contributed by atoms with van der Waals surface area (Å²) >= 11 is 0. The Hall–Kier alpha value is -1.72. The van der Waals surface area contributed by atoms with Crippen LogP contribution in [0, 0.1) is 0 Å². The van der Waals surface area contributed by atoms with Gasteiger partial charge in [-0.05, 0) is 30.3 Å². The number of benzene rings is 2. The third-order valence-electron chi connectivity index (χ3n) is 2.62. The zero-order chi connectivity index (χ0) is 12.0. The van der Waals surface area contributed by atoms with Crippen LogP contribution in [0.3, 0.4) is 0 Å². The minimum Gasteiger partial charge on any atom is -0.455 e. The van der Waals surface area contributed by atoms with Gasteiger partial charge in [0.2, 0.25) is 9.84 Å². The van der Waals surface area contributed by atoms with Gasteiger partial charge >= 0.3 is 0 Å². The average molecular weight is 284 g/mol. The maximum absolute atomic E-state index is 12.3. The van der Waals surface area contributed by atoms with E-state index in [1.165, 1.54) is 12.1 Å². The van der Waals surface area contributed by atoms with Crippen molar-refractivity contribution in [2.45, 2.75) is 9.79 Å². The molecule has 94 valence electrons. The monoisotopic (exact) mass is 283 g/mol. The summed E-state index contributed by atoms with van der Waals surface area (Å²) < 4.78 is 30.2. The number of para-hydroxylation sites is 1. The highest BCUT2D eigenvalue weighted by molar-refractivity contribution is 7.91. The van der Waals surface area contributed by atoms with Gasteiger partial charge in [-0.1, -0.05) is 12.1 Å². The molecule has 0 amide bonds. The first-order valence-corrected chi connectivity index (χ1v) is 6.49. The van der Waals surface area contributed by atoms with Crippen molar-refractivity contribution in [1.29, 1.82) is 0 Å². The van der Waals surface area contributed by atoms with Crippen LogP contribution in [-0.2, 0) is 9.84 Å². The van der Waals surface area contributed by atoms with Gasteiger partial charge in [0.25, 0.3) is 0 Å². The van der Waals surface area contributed by atoms with E-state index in [0.717, 1.165) is 0 Å². The lowest BCUT2D eigenvalue weighted by Crippen LogP contribution is -2.11. The average Bonchev–Trinajstić information content (AvgIpc) is 2.31. The molecule has 2 aromatic rings. The number of hydrogen-bond donors (Lipinski definition) is 1. The minimum absolute atomic E-state index is 0. The second-order valence-corrected chi connectivity index (χ2v) is 5.64. The molecule has 0 aromatic heterocycles. The lowest BCUT2D eigenvalue weighted by molar-refractivity contribution is 0.443. The lowest BCUT2D eigenvalue weighted by atomic mass is 10.3. The topological polar surface area (TPSA) is 69.4 Å². The van der Waals surface area contributed by atoms with Gasteiger partial charge < -0.3 is 10.5 Å². The van der Waals surface area contributed by atoms with Gasteiger partial charge in [-0.2, -0.15) is 0 Å². The first-order chi connectivity index (χ1) is 8.09. The van der Waals surface area contributed by atoms with E-state index in [9.17, 15) is 8.42 Å². The third kappa shape index (κ3) is 1.72. The Kier molecular flexibility index (Phi) is 2.96. The second-order valence-electron chi connectivity index (χ2n) is 3.76. The predicted octanol–water partition coefficient (Wildman–Crippen LogP) is 2.63. The Morgan fingerprint density at radius 1 is 0.944 bits per heavy atom. The standard InChI is InChI=1S/C12H9NO3S.ClH/c13-8-5-6-10-12(7-8)17(14,15)11-4-2-1-3-9(11)16-10;/h1-7H,13H2;1H. The van der Waals surface area contributed by atoms with Crippen molar-refractivity contribution in [3.8, 4) is 11.5 Å². The van der Waals surface area contributed by atoms with Gasteiger partial charge in [-0.3, -0.25) is 0 Å². The molecule has 1 aliphatic heterocycles. The Bertz CT molecular complexity index is 713. The number of sulfone groups is 1. The number of anilines is 1. The number of hydrogen-bond acceptors (Lipinski definition) is 4. The van der Waals surface area contributed by atoms with Gasteiger partial charge in [0.1, 0.15) is 21.3 Å². The zero-order valence-electron chi connectivity index (χ0n) is 9.16. The quantitative estimate of drug-likeness (QED) is 0.644. The molecule has 0 unspecified atom stereocenters. The van der Waals surface area contributed by atoms with E-state index in [2.05, 4.69) is 0 Å². The molecule has 1 aliphatic rings.